The fourth-order valence-electron chi connectivity index (χ4n) is 3.17. The molecular formula is C16H21NO2. The first kappa shape index (κ1) is 12.7. The van der Waals surface area contributed by atoms with Crippen molar-refractivity contribution in [1.29, 1.82) is 0 Å². The largest absolute Gasteiger partial charge is 0.493 e. The molecular weight excluding hydrogens is 238 g/mol. The molecule has 0 bridgehead atoms. The maximum Gasteiger partial charge on any atom is 0.167 e. The third kappa shape index (κ3) is 2.27. The molecule has 3 nitrogen and oxygen atoms in total. The number of aryl methyl sites for hydroxylation is 1. The summed E-state index contributed by atoms with van der Waals surface area (Å²) in [5.74, 6) is 1.02. The molecule has 1 aromatic rings. The Labute approximate surface area is 114 Å². The number of Topliss-reactive ketones (excluding diaryl/α,β-unsaturated/α-hetero) is 1. The predicted octanol–water partition coefficient (Wildman–Crippen LogP) is 2.71. The Morgan fingerprint density at radius 2 is 2.16 bits per heavy atom. The summed E-state index contributed by atoms with van der Waals surface area (Å²) in [5.41, 5.74) is 7.85. The number of nitrogens with two attached hydrogens (primary N) is 1. The van der Waals surface area contributed by atoms with Crippen LogP contribution in [-0.4, -0.2) is 18.9 Å². The van der Waals surface area contributed by atoms with Crippen molar-refractivity contribution >= 4 is 5.78 Å². The number of carbonyl (C=O) groups excluding carboxylic acids is 1. The van der Waals surface area contributed by atoms with Crippen LogP contribution in [0.25, 0.3) is 0 Å². The number of ketones is 1. The third-order valence-corrected chi connectivity index (χ3v) is 4.62. The Kier molecular flexibility index (Phi) is 3.31. The summed E-state index contributed by atoms with van der Waals surface area (Å²) in [6.07, 6.45) is 6.00. The molecule has 19 heavy (non-hydrogen) atoms. The van der Waals surface area contributed by atoms with Crippen molar-refractivity contribution in [3.63, 3.8) is 0 Å². The molecule has 1 aliphatic heterocycles. The molecule has 3 rings (SSSR count). The topological polar surface area (TPSA) is 52.3 Å². The summed E-state index contributed by atoms with van der Waals surface area (Å²) in [4.78, 5) is 12.5. The lowest BCUT2D eigenvalue weighted by atomic mass is 9.65. The highest BCUT2D eigenvalue weighted by Crippen LogP contribution is 2.44. The van der Waals surface area contributed by atoms with Crippen molar-refractivity contribution in [1.82, 2.24) is 0 Å². The summed E-state index contributed by atoms with van der Waals surface area (Å²) >= 11 is 0. The maximum atomic E-state index is 12.5. The molecule has 2 N–H and O–H groups in total. The zero-order valence-corrected chi connectivity index (χ0v) is 11.3. The van der Waals surface area contributed by atoms with Crippen molar-refractivity contribution in [3.8, 4) is 5.75 Å². The van der Waals surface area contributed by atoms with E-state index in [-0.39, 0.29) is 11.2 Å². The van der Waals surface area contributed by atoms with Crippen molar-refractivity contribution in [2.75, 3.05) is 13.2 Å². The van der Waals surface area contributed by atoms with Crippen LogP contribution in [0.2, 0.25) is 0 Å². The lowest BCUT2D eigenvalue weighted by molar-refractivity contribution is 0.0781. The molecule has 0 saturated heterocycles. The highest BCUT2D eigenvalue weighted by molar-refractivity contribution is 5.99. The zero-order chi connectivity index (χ0) is 13.3. The predicted molar refractivity (Wildman–Crippen MR) is 74.5 cm³/mol. The number of para-hydroxylation sites is 1. The highest BCUT2D eigenvalue weighted by Gasteiger charge is 2.38. The van der Waals surface area contributed by atoms with E-state index in [0.717, 1.165) is 43.6 Å². The van der Waals surface area contributed by atoms with E-state index in [9.17, 15) is 4.79 Å². The van der Waals surface area contributed by atoms with Crippen molar-refractivity contribution in [2.24, 2.45) is 11.1 Å². The molecule has 0 aromatic heterocycles. The van der Waals surface area contributed by atoms with Crippen LogP contribution in [0.5, 0.6) is 5.75 Å². The van der Waals surface area contributed by atoms with Gasteiger partial charge in [-0.3, -0.25) is 4.79 Å². The lowest BCUT2D eigenvalue weighted by Crippen LogP contribution is -2.39. The lowest BCUT2D eigenvalue weighted by Gasteiger charge is -2.40. The van der Waals surface area contributed by atoms with E-state index >= 15 is 0 Å². The zero-order valence-electron chi connectivity index (χ0n) is 11.3. The first-order valence-electron chi connectivity index (χ1n) is 7.22. The summed E-state index contributed by atoms with van der Waals surface area (Å²) < 4.78 is 5.72. The first-order valence-corrected chi connectivity index (χ1v) is 7.22. The van der Waals surface area contributed by atoms with E-state index in [1.54, 1.807) is 0 Å². The van der Waals surface area contributed by atoms with E-state index in [1.807, 2.05) is 12.1 Å². The number of benzene rings is 1. The third-order valence-electron chi connectivity index (χ3n) is 4.62. The summed E-state index contributed by atoms with van der Waals surface area (Å²) in [7, 11) is 0. The van der Waals surface area contributed by atoms with Crippen LogP contribution in [-0.2, 0) is 6.42 Å². The van der Waals surface area contributed by atoms with Gasteiger partial charge in [0.15, 0.2) is 5.78 Å². The van der Waals surface area contributed by atoms with Gasteiger partial charge < -0.3 is 10.5 Å². The molecule has 2 aliphatic rings. The molecule has 1 aromatic carbocycles. The van der Waals surface area contributed by atoms with Gasteiger partial charge in [-0.2, -0.15) is 0 Å². The molecule has 1 heterocycles. The SMILES string of the molecule is NCC1(CC(=O)c2cccc3c2OCCC3)CCC1. The fourth-order valence-corrected chi connectivity index (χ4v) is 3.17. The van der Waals surface area contributed by atoms with Crippen LogP contribution in [0.15, 0.2) is 18.2 Å². The molecule has 0 radical (unpaired) electrons. The Bertz CT molecular complexity index is 486. The van der Waals surface area contributed by atoms with Crippen LogP contribution < -0.4 is 10.5 Å². The minimum absolute atomic E-state index is 0.0640. The average molecular weight is 259 g/mol. The van der Waals surface area contributed by atoms with Crippen LogP contribution >= 0.6 is 0 Å². The second kappa shape index (κ2) is 4.97. The monoisotopic (exact) mass is 259 g/mol. The van der Waals surface area contributed by atoms with Gasteiger partial charge in [0, 0.05) is 6.42 Å². The number of fused-ring (bicyclic) bond motifs is 1. The van der Waals surface area contributed by atoms with Gasteiger partial charge in [-0.15, -0.1) is 0 Å². The van der Waals surface area contributed by atoms with Gasteiger partial charge in [-0.25, -0.2) is 0 Å². The molecule has 0 atom stereocenters. The van der Waals surface area contributed by atoms with Gasteiger partial charge in [0.05, 0.1) is 12.2 Å². The van der Waals surface area contributed by atoms with Gasteiger partial charge in [-0.05, 0) is 49.3 Å². The Morgan fingerprint density at radius 3 is 2.84 bits per heavy atom. The number of ether oxygens (including phenoxy) is 1. The van der Waals surface area contributed by atoms with Gasteiger partial charge >= 0.3 is 0 Å². The van der Waals surface area contributed by atoms with Crippen LogP contribution in [0.3, 0.4) is 0 Å². The minimum Gasteiger partial charge on any atom is -0.493 e. The molecule has 1 saturated carbocycles. The molecule has 0 spiro atoms. The van der Waals surface area contributed by atoms with E-state index in [1.165, 1.54) is 12.0 Å². The second-order valence-corrected chi connectivity index (χ2v) is 5.90. The highest BCUT2D eigenvalue weighted by atomic mass is 16.5. The van der Waals surface area contributed by atoms with E-state index in [2.05, 4.69) is 6.07 Å². The molecule has 102 valence electrons. The average Bonchev–Trinajstić information content (AvgIpc) is 2.42. The summed E-state index contributed by atoms with van der Waals surface area (Å²) in [6, 6.07) is 5.93. The van der Waals surface area contributed by atoms with Crippen LogP contribution in [0.1, 0.15) is 48.0 Å². The van der Waals surface area contributed by atoms with Crippen molar-refractivity contribution in [2.45, 2.75) is 38.5 Å². The number of rotatable bonds is 4. The van der Waals surface area contributed by atoms with Gasteiger partial charge in [0.1, 0.15) is 5.75 Å². The van der Waals surface area contributed by atoms with E-state index in [0.29, 0.717) is 13.0 Å². The second-order valence-electron chi connectivity index (χ2n) is 5.90. The standard InChI is InChI=1S/C16H21NO2/c17-11-16(7-3-8-16)10-14(18)13-6-1-4-12-5-2-9-19-15(12)13/h1,4,6H,2-3,5,7-11,17H2. The van der Waals surface area contributed by atoms with Crippen molar-refractivity contribution < 1.29 is 9.53 Å². The molecule has 1 fully saturated rings. The minimum atomic E-state index is 0.0640. The van der Waals surface area contributed by atoms with E-state index < -0.39 is 0 Å². The smallest absolute Gasteiger partial charge is 0.167 e. The summed E-state index contributed by atoms with van der Waals surface area (Å²) in [5, 5.41) is 0. The van der Waals surface area contributed by atoms with Gasteiger partial charge in [-0.1, -0.05) is 18.6 Å². The van der Waals surface area contributed by atoms with Crippen molar-refractivity contribution in [3.05, 3.63) is 29.3 Å². The first-order chi connectivity index (χ1) is 9.24. The number of hydrogen-bond donors (Lipinski definition) is 1. The summed E-state index contributed by atoms with van der Waals surface area (Å²) in [6.45, 7) is 1.34. The maximum absolute atomic E-state index is 12.5. The molecule has 0 amide bonds. The Hall–Kier alpha value is -1.35. The van der Waals surface area contributed by atoms with E-state index in [4.69, 9.17) is 10.5 Å². The Morgan fingerprint density at radius 1 is 1.32 bits per heavy atom. The van der Waals surface area contributed by atoms with Crippen LogP contribution in [0, 0.1) is 5.41 Å². The quantitative estimate of drug-likeness (QED) is 0.846. The number of carbonyl (C=O) groups is 1. The Balaban J connectivity index is 1.84. The normalized spacial score (nSPS) is 20.1. The fraction of sp³-hybridized carbons (Fsp3) is 0.562. The molecule has 3 heteroatoms. The van der Waals surface area contributed by atoms with Gasteiger partial charge in [0.2, 0.25) is 0 Å². The van der Waals surface area contributed by atoms with Crippen LogP contribution in [0.4, 0.5) is 0 Å². The molecule has 0 unspecified atom stereocenters. The number of hydrogen-bond acceptors (Lipinski definition) is 3. The van der Waals surface area contributed by atoms with Gasteiger partial charge in [0.25, 0.3) is 0 Å². The molecule has 1 aliphatic carbocycles.